The van der Waals surface area contributed by atoms with Crippen LogP contribution in [0.1, 0.15) is 159 Å². The van der Waals surface area contributed by atoms with Crippen LogP contribution in [-0.4, -0.2) is 209 Å². The minimum absolute atomic E-state index is 0.00272. The van der Waals surface area contributed by atoms with Crippen LogP contribution in [0.5, 0.6) is 0 Å². The number of unbranched alkanes of at least 4 members (excludes halogenated alkanes) is 3. The third-order valence-corrected chi connectivity index (χ3v) is 15.0. The Morgan fingerprint density at radius 1 is 0.400 bits per heavy atom. The summed E-state index contributed by atoms with van der Waals surface area (Å²) in [7, 11) is 0. The van der Waals surface area contributed by atoms with Crippen molar-refractivity contribution < 1.29 is 77.6 Å². The number of carbonyl (C=O) groups excluding carboxylic acids is 11. The van der Waals surface area contributed by atoms with Crippen molar-refractivity contribution >= 4 is 95.5 Å². The van der Waals surface area contributed by atoms with E-state index in [4.69, 9.17) is 39.5 Å². The fraction of sp³-hybridized carbons (Fsp3) is 0.767. The maximum absolute atomic E-state index is 14.3. The van der Waals surface area contributed by atoms with Gasteiger partial charge in [0, 0.05) is 12.3 Å². The number of guanidine groups is 1. The van der Waals surface area contributed by atoms with Gasteiger partial charge in [-0.15, -0.1) is 0 Å². The highest BCUT2D eigenvalue weighted by molar-refractivity contribution is 7.80. The molecule has 0 aromatic carbocycles. The monoisotopic (exact) mass is 1370 g/mol. The summed E-state index contributed by atoms with van der Waals surface area (Å²) >= 11 is 4.29. The smallest absolute Gasteiger partial charge is 0.326 e. The quantitative estimate of drug-likeness (QED) is 0.0118. The van der Waals surface area contributed by atoms with Gasteiger partial charge in [0.25, 0.3) is 0 Å². The molecule has 12 atom stereocenters. The number of hydrogen-bond donors (Lipinski definition) is 21. The molecule has 0 rings (SSSR count). The largest absolute Gasteiger partial charge is 0.481 e. The number of carboxylic acids is 2. The maximum Gasteiger partial charge on any atom is 0.326 e. The molecule has 0 bridgehead atoms. The van der Waals surface area contributed by atoms with Gasteiger partial charge in [-0.05, 0) is 140 Å². The number of aliphatic carboxylic acids is 2. The molecule has 0 unspecified atom stereocenters. The second kappa shape index (κ2) is 47.4. The van der Waals surface area contributed by atoms with Gasteiger partial charge in [-0.1, -0.05) is 55.4 Å². The van der Waals surface area contributed by atoms with Gasteiger partial charge in [-0.3, -0.25) is 62.5 Å². The van der Waals surface area contributed by atoms with Crippen molar-refractivity contribution in [1.82, 2.24) is 58.5 Å². The average molecular weight is 1370 g/mol. The summed E-state index contributed by atoms with van der Waals surface area (Å²) in [5, 5.41) is 57.3. The van der Waals surface area contributed by atoms with Crippen molar-refractivity contribution in [3.63, 3.8) is 0 Å². The fourth-order valence-electron chi connectivity index (χ4n) is 9.46. The molecule has 0 spiro atoms. The molecule has 34 nitrogen and oxygen atoms in total. The number of nitrogens with two attached hydrogens (primary N) is 6. The van der Waals surface area contributed by atoms with E-state index in [0.29, 0.717) is 38.6 Å². The van der Waals surface area contributed by atoms with Gasteiger partial charge in [0.1, 0.15) is 66.5 Å². The Morgan fingerprint density at radius 2 is 0.726 bits per heavy atom. The standard InChI is InChI=1S/C60H112N18O16S/c1-31(2)25-41(73-52(86)38(18-11-14-22-62)69-49(83)36(64)28-46(80)81)54(88)77-45(30-95)57(91)71-40(20-16-24-67-60(65)66)51(85)70-37(17-10-13-21-61)50(84)68-35(9)48(82)76-44(29-79)56(90)74-42(26-32(3)4)55(89)78-47(34(7)8)58(92)72-39(19-12-15-23-63)53(87)75-43(59(93)94)27-33(5)6/h31-45,47,79,95H,10-30,61-64H2,1-9H3,(H,68,84)(H,69,83)(H,70,85)(H,71,91)(H,72,92)(H,73,86)(H,74,90)(H,75,87)(H,76,82)(H,77,88)(H,78,89)(H,80,81)(H,93,94)(H4,65,66,67)/t35-,36-,37-,38-,39-,40-,41-,42-,43-,44-,45-,47-/m0/s1. The zero-order valence-corrected chi connectivity index (χ0v) is 57.5. The number of aliphatic hydroxyl groups is 1. The zero-order chi connectivity index (χ0) is 72.7. The molecule has 11 amide bonds. The minimum atomic E-state index is -1.71. The molecule has 0 aromatic rings. The van der Waals surface area contributed by atoms with Crippen LogP contribution >= 0.6 is 12.6 Å². The Labute approximate surface area is 562 Å². The summed E-state index contributed by atoms with van der Waals surface area (Å²) in [5.41, 5.74) is 33.9. The second-order valence-corrected chi connectivity index (χ2v) is 25.5. The molecular weight excluding hydrogens is 1260 g/mol. The third-order valence-electron chi connectivity index (χ3n) is 14.7. The third kappa shape index (κ3) is 36.3. The van der Waals surface area contributed by atoms with Crippen LogP contribution in [-0.2, 0) is 62.3 Å². The predicted molar refractivity (Wildman–Crippen MR) is 358 cm³/mol. The summed E-state index contributed by atoms with van der Waals surface area (Å²) in [6, 6.07) is -16.5. The topological polar surface area (TPSA) is 583 Å². The number of amides is 11. The van der Waals surface area contributed by atoms with E-state index >= 15 is 0 Å². The van der Waals surface area contributed by atoms with Crippen LogP contribution in [0.3, 0.4) is 0 Å². The summed E-state index contributed by atoms with van der Waals surface area (Å²) in [6.45, 7) is 14.9. The van der Waals surface area contributed by atoms with Crippen LogP contribution in [0.25, 0.3) is 0 Å². The van der Waals surface area contributed by atoms with Crippen molar-refractivity contribution in [2.45, 2.75) is 231 Å². The van der Waals surface area contributed by atoms with Crippen LogP contribution in [0.4, 0.5) is 0 Å². The Balaban J connectivity index is 6.66. The normalized spacial score (nSPS) is 15.1. The number of carbonyl (C=O) groups is 13. The maximum atomic E-state index is 14.3. The highest BCUT2D eigenvalue weighted by atomic mass is 32.1. The van der Waals surface area contributed by atoms with Gasteiger partial charge in [-0.25, -0.2) is 4.79 Å². The molecule has 26 N–H and O–H groups in total. The van der Waals surface area contributed by atoms with Crippen LogP contribution in [0.15, 0.2) is 4.99 Å². The minimum Gasteiger partial charge on any atom is -0.481 e. The van der Waals surface area contributed by atoms with Gasteiger partial charge in [0.15, 0.2) is 5.96 Å². The molecule has 95 heavy (non-hydrogen) atoms. The Bertz CT molecular complexity index is 2510. The summed E-state index contributed by atoms with van der Waals surface area (Å²) < 4.78 is 0. The number of nitrogens with zero attached hydrogens (tertiary/aromatic N) is 1. The number of aliphatic imine (C=N–C) groups is 1. The van der Waals surface area contributed by atoms with E-state index in [1.807, 2.05) is 0 Å². The van der Waals surface area contributed by atoms with Crippen molar-refractivity contribution in [2.24, 2.45) is 63.1 Å². The number of carboxylic acid groups (broad SMARTS) is 2. The molecule has 0 fully saturated rings. The molecule has 0 aromatic heterocycles. The van der Waals surface area contributed by atoms with E-state index < -0.39 is 168 Å². The highest BCUT2D eigenvalue weighted by Gasteiger charge is 2.37. The summed E-state index contributed by atoms with van der Waals surface area (Å²) in [4.78, 5) is 179. The van der Waals surface area contributed by atoms with E-state index in [-0.39, 0.29) is 107 Å². The van der Waals surface area contributed by atoms with Crippen LogP contribution < -0.4 is 92.9 Å². The summed E-state index contributed by atoms with van der Waals surface area (Å²) in [6.07, 6.45) is 1.89. The first-order chi connectivity index (χ1) is 44.6. The molecule has 35 heteroatoms. The lowest BCUT2D eigenvalue weighted by Gasteiger charge is -2.29. The summed E-state index contributed by atoms with van der Waals surface area (Å²) in [5.74, 6) is -14.0. The molecule has 0 saturated carbocycles. The van der Waals surface area contributed by atoms with Gasteiger partial charge in [-0.2, -0.15) is 12.6 Å². The molecule has 544 valence electrons. The van der Waals surface area contributed by atoms with E-state index in [2.05, 4.69) is 76.1 Å². The molecule has 0 aliphatic rings. The first-order valence-corrected chi connectivity index (χ1v) is 33.1. The Hall–Kier alpha value is -7.47. The second-order valence-electron chi connectivity index (χ2n) is 25.1. The lowest BCUT2D eigenvalue weighted by atomic mass is 9.98. The first-order valence-electron chi connectivity index (χ1n) is 32.5. The van der Waals surface area contributed by atoms with E-state index in [9.17, 15) is 72.5 Å². The number of nitrogens with one attached hydrogen (secondary N) is 11. The molecule has 0 aliphatic carbocycles. The van der Waals surface area contributed by atoms with Gasteiger partial charge < -0.3 is 108 Å². The molecule has 0 aliphatic heterocycles. The van der Waals surface area contributed by atoms with Crippen molar-refractivity contribution in [3.8, 4) is 0 Å². The SMILES string of the molecule is CC(C)C[C@H](NC(=O)[C@H](CCCCN)NC(=O)[C@@H](NC(=O)[C@H](CC(C)C)NC(=O)[C@H](CO)NC(=O)[C@H](C)NC(=O)[C@H](CCCCN)NC(=O)[C@H](CCCN=C(N)N)NC(=O)[C@H](CS)NC(=O)[C@H](CC(C)C)NC(=O)[C@H](CCCCN)NC(=O)[C@@H](N)CC(=O)O)C(C)C)C(=O)O. The first kappa shape index (κ1) is 87.5. The molecular formula is C60H112N18O16S. The van der Waals surface area contributed by atoms with Crippen LogP contribution in [0, 0.1) is 23.7 Å². The van der Waals surface area contributed by atoms with Gasteiger partial charge >= 0.3 is 11.9 Å². The molecule has 0 saturated heterocycles. The van der Waals surface area contributed by atoms with Crippen LogP contribution in [0.2, 0.25) is 0 Å². The zero-order valence-electron chi connectivity index (χ0n) is 56.6. The molecule has 0 radical (unpaired) electrons. The number of thiol groups is 1. The van der Waals surface area contributed by atoms with Crippen molar-refractivity contribution in [1.29, 1.82) is 0 Å². The fourth-order valence-corrected chi connectivity index (χ4v) is 9.72. The van der Waals surface area contributed by atoms with Crippen molar-refractivity contribution in [3.05, 3.63) is 0 Å². The number of hydrogen-bond acceptors (Lipinski definition) is 20. The number of aliphatic hydroxyl groups excluding tert-OH is 1. The van der Waals surface area contributed by atoms with Gasteiger partial charge in [0.05, 0.1) is 19.1 Å². The average Bonchev–Trinajstić information content (AvgIpc) is 0.897. The Kier molecular flexibility index (Phi) is 43.7. The van der Waals surface area contributed by atoms with E-state index in [1.54, 1.807) is 55.4 Å². The van der Waals surface area contributed by atoms with Crippen molar-refractivity contribution in [2.75, 3.05) is 38.5 Å². The number of rotatable bonds is 50. The highest BCUT2D eigenvalue weighted by Crippen LogP contribution is 2.14. The van der Waals surface area contributed by atoms with E-state index in [1.165, 1.54) is 6.92 Å². The van der Waals surface area contributed by atoms with Gasteiger partial charge in [0.2, 0.25) is 65.0 Å². The lowest BCUT2D eigenvalue weighted by Crippen LogP contribution is -2.61. The predicted octanol–water partition coefficient (Wildman–Crippen LogP) is -4.62. The van der Waals surface area contributed by atoms with E-state index in [0.717, 1.165) is 0 Å². The lowest BCUT2D eigenvalue weighted by molar-refractivity contribution is -0.143. The molecule has 0 heterocycles. The Morgan fingerprint density at radius 3 is 1.11 bits per heavy atom.